The second-order valence-corrected chi connectivity index (χ2v) is 4.71. The predicted octanol–water partition coefficient (Wildman–Crippen LogP) is 2.74. The van der Waals surface area contributed by atoms with Crippen molar-refractivity contribution in [2.45, 2.75) is 0 Å². The molecule has 7 heteroatoms. The SMILES string of the molecule is NC(=O)Nc1sc(-c2ccc(F)cc2)cc1C(=O)O. The zero-order valence-electron chi connectivity index (χ0n) is 9.51. The summed E-state index contributed by atoms with van der Waals surface area (Å²) in [5, 5.41) is 11.4. The van der Waals surface area contributed by atoms with Crippen molar-refractivity contribution < 1.29 is 19.1 Å². The molecular weight excluding hydrogens is 271 g/mol. The van der Waals surface area contributed by atoms with Crippen LogP contribution < -0.4 is 11.1 Å². The van der Waals surface area contributed by atoms with Crippen LogP contribution in [-0.4, -0.2) is 17.1 Å². The zero-order chi connectivity index (χ0) is 14.0. The van der Waals surface area contributed by atoms with Gasteiger partial charge in [-0.3, -0.25) is 5.32 Å². The number of carbonyl (C=O) groups is 2. The Bertz CT molecular complexity index is 637. The van der Waals surface area contributed by atoms with Crippen LogP contribution in [-0.2, 0) is 0 Å². The number of thiophene rings is 1. The van der Waals surface area contributed by atoms with Crippen LogP contribution in [0.3, 0.4) is 0 Å². The van der Waals surface area contributed by atoms with Crippen molar-refractivity contribution >= 4 is 28.3 Å². The Kier molecular flexibility index (Phi) is 3.48. The topological polar surface area (TPSA) is 92.4 Å². The number of primary amides is 1. The number of nitrogens with two attached hydrogens (primary N) is 1. The lowest BCUT2D eigenvalue weighted by Crippen LogP contribution is -2.19. The predicted molar refractivity (Wildman–Crippen MR) is 69.9 cm³/mol. The van der Waals surface area contributed by atoms with Crippen LogP contribution in [0, 0.1) is 5.82 Å². The molecular formula is C12H9FN2O3S. The van der Waals surface area contributed by atoms with E-state index in [1.54, 1.807) is 0 Å². The third kappa shape index (κ3) is 2.89. The summed E-state index contributed by atoms with van der Waals surface area (Å²) in [5.74, 6) is -1.55. The highest BCUT2D eigenvalue weighted by molar-refractivity contribution is 7.20. The number of benzene rings is 1. The fourth-order valence-corrected chi connectivity index (χ4v) is 2.57. The molecule has 0 saturated carbocycles. The van der Waals surface area contributed by atoms with E-state index in [2.05, 4.69) is 5.32 Å². The van der Waals surface area contributed by atoms with Gasteiger partial charge in [0.15, 0.2) is 0 Å². The first-order valence-electron chi connectivity index (χ1n) is 5.17. The molecule has 0 bridgehead atoms. The third-order valence-corrected chi connectivity index (χ3v) is 3.43. The monoisotopic (exact) mass is 280 g/mol. The lowest BCUT2D eigenvalue weighted by Gasteiger charge is -1.98. The minimum absolute atomic E-state index is 0.0527. The largest absolute Gasteiger partial charge is 0.478 e. The van der Waals surface area contributed by atoms with Gasteiger partial charge >= 0.3 is 12.0 Å². The smallest absolute Gasteiger partial charge is 0.338 e. The molecule has 1 heterocycles. The van der Waals surface area contributed by atoms with Gasteiger partial charge in [-0.25, -0.2) is 14.0 Å². The molecule has 1 aromatic carbocycles. The highest BCUT2D eigenvalue weighted by Crippen LogP contribution is 2.35. The van der Waals surface area contributed by atoms with Crippen LogP contribution in [0.25, 0.3) is 10.4 Å². The number of carbonyl (C=O) groups excluding carboxylic acids is 1. The number of rotatable bonds is 3. The second-order valence-electron chi connectivity index (χ2n) is 3.65. The van der Waals surface area contributed by atoms with E-state index < -0.39 is 12.0 Å². The van der Waals surface area contributed by atoms with E-state index in [9.17, 15) is 14.0 Å². The molecule has 2 amide bonds. The van der Waals surface area contributed by atoms with Crippen molar-refractivity contribution in [3.63, 3.8) is 0 Å². The highest BCUT2D eigenvalue weighted by Gasteiger charge is 2.17. The fraction of sp³-hybridized carbons (Fsp3) is 0. The van der Waals surface area contributed by atoms with Gasteiger partial charge in [0.2, 0.25) is 0 Å². The molecule has 5 nitrogen and oxygen atoms in total. The molecule has 0 aliphatic carbocycles. The Morgan fingerprint density at radius 3 is 2.42 bits per heavy atom. The molecule has 0 saturated heterocycles. The van der Waals surface area contributed by atoms with Gasteiger partial charge in [0.25, 0.3) is 0 Å². The first kappa shape index (κ1) is 13.0. The van der Waals surface area contributed by atoms with Crippen LogP contribution in [0.15, 0.2) is 30.3 Å². The summed E-state index contributed by atoms with van der Waals surface area (Å²) >= 11 is 1.06. The Hall–Kier alpha value is -2.41. The number of halogens is 1. The van der Waals surface area contributed by atoms with Crippen molar-refractivity contribution in [2.24, 2.45) is 5.73 Å². The maximum Gasteiger partial charge on any atom is 0.338 e. The number of nitrogens with one attached hydrogen (secondary N) is 1. The molecule has 0 unspecified atom stereocenters. The first-order valence-corrected chi connectivity index (χ1v) is 5.98. The number of hydrogen-bond donors (Lipinski definition) is 3. The van der Waals surface area contributed by atoms with Crippen molar-refractivity contribution in [1.82, 2.24) is 0 Å². The molecule has 0 fully saturated rings. The second kappa shape index (κ2) is 5.07. The standard InChI is InChI=1S/C12H9FN2O3S/c13-7-3-1-6(2-4-7)9-5-8(11(16)17)10(19-9)15-12(14)18/h1-5H,(H,16,17)(H3,14,15,18). The molecule has 0 radical (unpaired) electrons. The number of carboxylic acid groups (broad SMARTS) is 1. The molecule has 19 heavy (non-hydrogen) atoms. The molecule has 4 N–H and O–H groups in total. The number of aromatic carboxylic acids is 1. The van der Waals surface area contributed by atoms with E-state index >= 15 is 0 Å². The Morgan fingerprint density at radius 2 is 1.89 bits per heavy atom. The highest BCUT2D eigenvalue weighted by atomic mass is 32.1. The number of amides is 2. The molecule has 2 rings (SSSR count). The minimum Gasteiger partial charge on any atom is -0.478 e. The van der Waals surface area contributed by atoms with Gasteiger partial charge < -0.3 is 10.8 Å². The molecule has 2 aromatic rings. The van der Waals surface area contributed by atoms with Gasteiger partial charge in [0, 0.05) is 4.88 Å². The van der Waals surface area contributed by atoms with Crippen molar-refractivity contribution in [3.8, 4) is 10.4 Å². The fourth-order valence-electron chi connectivity index (χ4n) is 1.51. The summed E-state index contributed by atoms with van der Waals surface area (Å²) in [7, 11) is 0. The summed E-state index contributed by atoms with van der Waals surface area (Å²) in [6.07, 6.45) is 0. The van der Waals surface area contributed by atoms with Crippen molar-refractivity contribution in [2.75, 3.05) is 5.32 Å². The lowest BCUT2D eigenvalue weighted by molar-refractivity contribution is 0.0698. The Labute approximate surface area is 111 Å². The summed E-state index contributed by atoms with van der Waals surface area (Å²) in [6.45, 7) is 0. The van der Waals surface area contributed by atoms with E-state index in [1.807, 2.05) is 0 Å². The number of hydrogen-bond acceptors (Lipinski definition) is 3. The Balaban J connectivity index is 2.45. The van der Waals surface area contributed by atoms with Gasteiger partial charge in [0.05, 0.1) is 5.56 Å². The number of anilines is 1. The van der Waals surface area contributed by atoms with Gasteiger partial charge in [-0.2, -0.15) is 0 Å². The van der Waals surface area contributed by atoms with E-state index in [0.717, 1.165) is 11.3 Å². The number of carboxylic acids is 1. The quantitative estimate of drug-likeness (QED) is 0.807. The molecule has 0 aliphatic heterocycles. The maximum atomic E-state index is 12.8. The van der Waals surface area contributed by atoms with Crippen LogP contribution in [0.5, 0.6) is 0 Å². The molecule has 0 atom stereocenters. The zero-order valence-corrected chi connectivity index (χ0v) is 10.3. The molecule has 1 aromatic heterocycles. The summed E-state index contributed by atoms with van der Waals surface area (Å²) in [4.78, 5) is 22.5. The van der Waals surface area contributed by atoms with Crippen molar-refractivity contribution in [1.29, 1.82) is 0 Å². The van der Waals surface area contributed by atoms with Crippen LogP contribution >= 0.6 is 11.3 Å². The molecule has 98 valence electrons. The third-order valence-electron chi connectivity index (χ3n) is 2.33. The van der Waals surface area contributed by atoms with Gasteiger partial charge in [-0.15, -0.1) is 11.3 Å². The average Bonchev–Trinajstić information content (AvgIpc) is 2.73. The number of urea groups is 1. The van der Waals surface area contributed by atoms with Crippen LogP contribution in [0.4, 0.5) is 14.2 Å². The normalized spacial score (nSPS) is 10.2. The minimum atomic E-state index is -1.17. The summed E-state index contributed by atoms with van der Waals surface area (Å²) in [5.41, 5.74) is 5.58. The van der Waals surface area contributed by atoms with Gasteiger partial charge in [0.1, 0.15) is 10.8 Å². The summed E-state index contributed by atoms with van der Waals surface area (Å²) < 4.78 is 12.8. The van der Waals surface area contributed by atoms with Gasteiger partial charge in [-0.05, 0) is 23.8 Å². The van der Waals surface area contributed by atoms with Crippen LogP contribution in [0.2, 0.25) is 0 Å². The molecule has 0 spiro atoms. The van der Waals surface area contributed by atoms with E-state index in [-0.39, 0.29) is 16.4 Å². The molecule has 0 aliphatic rings. The van der Waals surface area contributed by atoms with E-state index in [1.165, 1.54) is 30.3 Å². The first-order chi connectivity index (χ1) is 8.97. The van der Waals surface area contributed by atoms with Crippen LogP contribution in [0.1, 0.15) is 10.4 Å². The Morgan fingerprint density at radius 1 is 1.26 bits per heavy atom. The average molecular weight is 280 g/mol. The summed E-state index contributed by atoms with van der Waals surface area (Å²) in [6, 6.07) is 6.18. The van der Waals surface area contributed by atoms with E-state index in [0.29, 0.717) is 10.4 Å². The van der Waals surface area contributed by atoms with E-state index in [4.69, 9.17) is 10.8 Å². The van der Waals surface area contributed by atoms with Crippen molar-refractivity contribution in [3.05, 3.63) is 41.7 Å². The lowest BCUT2D eigenvalue weighted by atomic mass is 10.1. The van der Waals surface area contributed by atoms with Gasteiger partial charge in [-0.1, -0.05) is 12.1 Å². The maximum absolute atomic E-state index is 12.8.